The van der Waals surface area contributed by atoms with Crippen molar-refractivity contribution in [2.75, 3.05) is 6.61 Å². The molecule has 1 aliphatic carbocycles. The number of aromatic nitrogens is 3. The number of carbonyl (C=O) groups excluding carboxylic acids is 1. The number of hydrogen-bond acceptors (Lipinski definition) is 4. The maximum absolute atomic E-state index is 11.7. The van der Waals surface area contributed by atoms with Gasteiger partial charge in [0.25, 0.3) is 0 Å². The van der Waals surface area contributed by atoms with E-state index in [4.69, 9.17) is 16.3 Å². The van der Waals surface area contributed by atoms with E-state index in [1.165, 1.54) is 23.8 Å². The standard InChI is InChI=1S/C15H18ClN3O2/c1-2-21-15(20)12-9-14-17-11(8-13(16)19(14)18-12)10-6-4-3-5-7-10/h8-10H,2-7H2,1H3. The number of fused-ring (bicyclic) bond motifs is 1. The molecule has 0 spiro atoms. The van der Waals surface area contributed by atoms with Crippen molar-refractivity contribution in [1.29, 1.82) is 0 Å². The first kappa shape index (κ1) is 14.3. The fourth-order valence-corrected chi connectivity index (χ4v) is 3.10. The molecular weight excluding hydrogens is 290 g/mol. The van der Waals surface area contributed by atoms with Crippen LogP contribution in [0.4, 0.5) is 0 Å². The Labute approximate surface area is 128 Å². The molecule has 0 aliphatic heterocycles. The van der Waals surface area contributed by atoms with Crippen molar-refractivity contribution in [1.82, 2.24) is 14.6 Å². The zero-order valence-corrected chi connectivity index (χ0v) is 12.8. The second kappa shape index (κ2) is 6.02. The summed E-state index contributed by atoms with van der Waals surface area (Å²) >= 11 is 6.28. The van der Waals surface area contributed by atoms with Gasteiger partial charge < -0.3 is 4.74 Å². The number of halogens is 1. The zero-order valence-electron chi connectivity index (χ0n) is 12.0. The molecule has 0 amide bonds. The predicted octanol–water partition coefficient (Wildman–Crippen LogP) is 3.61. The van der Waals surface area contributed by atoms with E-state index < -0.39 is 5.97 Å². The van der Waals surface area contributed by atoms with Gasteiger partial charge >= 0.3 is 5.97 Å². The molecule has 2 aromatic rings. The van der Waals surface area contributed by atoms with Crippen molar-refractivity contribution in [2.24, 2.45) is 0 Å². The monoisotopic (exact) mass is 307 g/mol. The number of nitrogens with zero attached hydrogens (tertiary/aromatic N) is 3. The van der Waals surface area contributed by atoms with E-state index in [9.17, 15) is 4.79 Å². The molecule has 1 saturated carbocycles. The summed E-state index contributed by atoms with van der Waals surface area (Å²) in [5.74, 6) is 0.0143. The minimum absolute atomic E-state index is 0.243. The number of carbonyl (C=O) groups is 1. The van der Waals surface area contributed by atoms with Gasteiger partial charge in [-0.1, -0.05) is 30.9 Å². The van der Waals surface area contributed by atoms with Crippen molar-refractivity contribution < 1.29 is 9.53 Å². The molecule has 0 saturated heterocycles. The van der Waals surface area contributed by atoms with Crippen molar-refractivity contribution >= 4 is 23.2 Å². The third kappa shape index (κ3) is 2.88. The van der Waals surface area contributed by atoms with Gasteiger partial charge in [-0.25, -0.2) is 14.3 Å². The van der Waals surface area contributed by atoms with Crippen molar-refractivity contribution in [2.45, 2.75) is 44.9 Å². The molecule has 21 heavy (non-hydrogen) atoms. The van der Waals surface area contributed by atoms with E-state index in [1.807, 2.05) is 6.07 Å². The van der Waals surface area contributed by atoms with Crippen LogP contribution in [-0.4, -0.2) is 27.2 Å². The molecule has 1 aliphatic rings. The van der Waals surface area contributed by atoms with E-state index in [-0.39, 0.29) is 5.69 Å². The summed E-state index contributed by atoms with van der Waals surface area (Å²) in [4.78, 5) is 16.4. The number of rotatable bonds is 3. The molecule has 5 nitrogen and oxygen atoms in total. The molecule has 6 heteroatoms. The van der Waals surface area contributed by atoms with Crippen LogP contribution in [0.15, 0.2) is 12.1 Å². The SMILES string of the molecule is CCOC(=O)c1cc2nc(C3CCCCC3)cc(Cl)n2n1. The molecule has 0 unspecified atom stereocenters. The van der Waals surface area contributed by atoms with Crippen LogP contribution in [0.25, 0.3) is 5.65 Å². The van der Waals surface area contributed by atoms with Gasteiger partial charge in [-0.2, -0.15) is 5.10 Å². The molecule has 0 atom stereocenters. The van der Waals surface area contributed by atoms with Gasteiger partial charge in [0.2, 0.25) is 0 Å². The van der Waals surface area contributed by atoms with Gasteiger partial charge in [0.05, 0.1) is 6.61 Å². The Hall–Kier alpha value is -1.62. The van der Waals surface area contributed by atoms with Gasteiger partial charge in [0.1, 0.15) is 5.15 Å². The van der Waals surface area contributed by atoms with E-state index in [2.05, 4.69) is 10.1 Å². The van der Waals surface area contributed by atoms with Crippen LogP contribution in [0.1, 0.15) is 61.1 Å². The molecule has 2 aromatic heterocycles. The maximum atomic E-state index is 11.7. The Balaban J connectivity index is 1.96. The van der Waals surface area contributed by atoms with Crippen LogP contribution in [0.2, 0.25) is 5.15 Å². The van der Waals surface area contributed by atoms with Crippen LogP contribution in [0.3, 0.4) is 0 Å². The van der Waals surface area contributed by atoms with E-state index in [0.717, 1.165) is 18.5 Å². The Kier molecular flexibility index (Phi) is 4.10. The lowest BCUT2D eigenvalue weighted by molar-refractivity contribution is 0.0519. The highest BCUT2D eigenvalue weighted by Gasteiger charge is 2.20. The average molecular weight is 308 g/mol. The first-order valence-corrected chi connectivity index (χ1v) is 7.80. The molecule has 1 fully saturated rings. The highest BCUT2D eigenvalue weighted by atomic mass is 35.5. The summed E-state index contributed by atoms with van der Waals surface area (Å²) in [6.45, 7) is 2.08. The summed E-state index contributed by atoms with van der Waals surface area (Å²) in [5, 5.41) is 4.65. The second-order valence-corrected chi connectivity index (χ2v) is 5.75. The molecule has 0 N–H and O–H groups in total. The Bertz CT molecular complexity index is 662. The number of hydrogen-bond donors (Lipinski definition) is 0. The number of esters is 1. The lowest BCUT2D eigenvalue weighted by Gasteiger charge is -2.21. The molecule has 3 rings (SSSR count). The Morgan fingerprint density at radius 2 is 2.14 bits per heavy atom. The first-order chi connectivity index (χ1) is 10.2. The lowest BCUT2D eigenvalue weighted by atomic mass is 9.87. The number of ether oxygens (including phenoxy) is 1. The van der Waals surface area contributed by atoms with E-state index in [1.54, 1.807) is 13.0 Å². The predicted molar refractivity (Wildman–Crippen MR) is 79.8 cm³/mol. The Morgan fingerprint density at radius 3 is 2.86 bits per heavy atom. The molecule has 112 valence electrons. The normalized spacial score (nSPS) is 16.3. The summed E-state index contributed by atoms with van der Waals surface area (Å²) in [6.07, 6.45) is 6.08. The quantitative estimate of drug-likeness (QED) is 0.642. The fraction of sp³-hybridized carbons (Fsp3) is 0.533. The van der Waals surface area contributed by atoms with Crippen LogP contribution in [-0.2, 0) is 4.74 Å². The average Bonchev–Trinajstić information content (AvgIpc) is 2.93. The fourth-order valence-electron chi connectivity index (χ4n) is 2.87. The van der Waals surface area contributed by atoms with Crippen LogP contribution in [0.5, 0.6) is 0 Å². The minimum Gasteiger partial charge on any atom is -0.461 e. The van der Waals surface area contributed by atoms with E-state index in [0.29, 0.717) is 23.3 Å². The Morgan fingerprint density at radius 1 is 1.38 bits per heavy atom. The van der Waals surface area contributed by atoms with Crippen molar-refractivity contribution in [3.63, 3.8) is 0 Å². The van der Waals surface area contributed by atoms with Crippen LogP contribution >= 0.6 is 11.6 Å². The van der Waals surface area contributed by atoms with Crippen LogP contribution < -0.4 is 0 Å². The smallest absolute Gasteiger partial charge is 0.358 e. The van der Waals surface area contributed by atoms with Crippen molar-refractivity contribution in [3.8, 4) is 0 Å². The topological polar surface area (TPSA) is 56.5 Å². The lowest BCUT2D eigenvalue weighted by Crippen LogP contribution is -2.08. The second-order valence-electron chi connectivity index (χ2n) is 5.36. The van der Waals surface area contributed by atoms with Crippen LogP contribution in [0, 0.1) is 0 Å². The minimum atomic E-state index is -0.446. The molecular formula is C15H18ClN3O2. The van der Waals surface area contributed by atoms with Gasteiger partial charge in [-0.15, -0.1) is 0 Å². The van der Waals surface area contributed by atoms with Gasteiger partial charge in [-0.3, -0.25) is 0 Å². The highest BCUT2D eigenvalue weighted by Crippen LogP contribution is 2.32. The zero-order chi connectivity index (χ0) is 14.8. The summed E-state index contributed by atoms with van der Waals surface area (Å²) in [6, 6.07) is 3.50. The summed E-state index contributed by atoms with van der Waals surface area (Å²) in [5.41, 5.74) is 1.85. The first-order valence-electron chi connectivity index (χ1n) is 7.42. The third-order valence-corrected chi connectivity index (χ3v) is 4.18. The molecule has 0 bridgehead atoms. The van der Waals surface area contributed by atoms with Gasteiger partial charge in [-0.05, 0) is 25.8 Å². The third-order valence-electron chi connectivity index (χ3n) is 3.91. The van der Waals surface area contributed by atoms with Crippen molar-refractivity contribution in [3.05, 3.63) is 28.7 Å². The van der Waals surface area contributed by atoms with Gasteiger partial charge in [0, 0.05) is 17.7 Å². The molecule has 0 aromatic carbocycles. The summed E-state index contributed by atoms with van der Waals surface area (Å²) < 4.78 is 6.44. The molecule has 2 heterocycles. The highest BCUT2D eigenvalue weighted by molar-refractivity contribution is 6.29. The largest absolute Gasteiger partial charge is 0.461 e. The van der Waals surface area contributed by atoms with Gasteiger partial charge in [0.15, 0.2) is 11.3 Å². The summed E-state index contributed by atoms with van der Waals surface area (Å²) in [7, 11) is 0. The molecule has 0 radical (unpaired) electrons. The van der Waals surface area contributed by atoms with E-state index >= 15 is 0 Å². The maximum Gasteiger partial charge on any atom is 0.358 e.